The number of nitrogens with two attached hydrogens (primary N) is 1. The second kappa shape index (κ2) is 7.10. The second-order valence-corrected chi connectivity index (χ2v) is 5.07. The predicted octanol–water partition coefficient (Wildman–Crippen LogP) is 2.64. The highest BCUT2D eigenvalue weighted by Gasteiger charge is 2.10. The molecule has 0 fully saturated rings. The van der Waals surface area contributed by atoms with Crippen molar-refractivity contribution in [1.29, 1.82) is 0 Å². The summed E-state index contributed by atoms with van der Waals surface area (Å²) in [6, 6.07) is 12.6. The van der Waals surface area contributed by atoms with Crippen LogP contribution in [0.2, 0.25) is 0 Å². The number of hydrazine groups is 1. The lowest BCUT2D eigenvalue weighted by atomic mass is 10.1. The number of carbonyl (C=O) groups is 1. The van der Waals surface area contributed by atoms with Crippen molar-refractivity contribution in [3.8, 4) is 11.5 Å². The van der Waals surface area contributed by atoms with Crippen LogP contribution in [0.25, 0.3) is 0 Å². The molecule has 2 aromatic carbocycles. The number of ether oxygens (including phenoxy) is 2. The van der Waals surface area contributed by atoms with Crippen LogP contribution in [0.1, 0.15) is 15.9 Å². The fraction of sp³-hybridized carbons (Fsp3) is 0.133. The lowest BCUT2D eigenvalue weighted by molar-refractivity contribution is 0.0951. The lowest BCUT2D eigenvalue weighted by Crippen LogP contribution is -2.30. The van der Waals surface area contributed by atoms with E-state index in [4.69, 9.17) is 15.3 Å². The van der Waals surface area contributed by atoms with Gasteiger partial charge in [-0.15, -0.1) is 0 Å². The summed E-state index contributed by atoms with van der Waals surface area (Å²) in [7, 11) is 1.60. The molecule has 0 heterocycles. The van der Waals surface area contributed by atoms with Gasteiger partial charge in [0.05, 0.1) is 11.6 Å². The SMILES string of the molecule is COc1ccc(OCc2ccccc2C(=O)NN)c(Br)c1. The maximum absolute atomic E-state index is 11.7. The van der Waals surface area contributed by atoms with Crippen LogP contribution < -0.4 is 20.7 Å². The summed E-state index contributed by atoms with van der Waals surface area (Å²) in [6.45, 7) is 0.258. The van der Waals surface area contributed by atoms with Crippen molar-refractivity contribution in [2.24, 2.45) is 5.84 Å². The van der Waals surface area contributed by atoms with E-state index in [-0.39, 0.29) is 12.5 Å². The van der Waals surface area contributed by atoms with E-state index in [1.165, 1.54) is 0 Å². The highest BCUT2D eigenvalue weighted by atomic mass is 79.9. The van der Waals surface area contributed by atoms with Crippen LogP contribution in [0.4, 0.5) is 0 Å². The summed E-state index contributed by atoms with van der Waals surface area (Å²) in [5, 5.41) is 0. The highest BCUT2D eigenvalue weighted by Crippen LogP contribution is 2.29. The Bertz CT molecular complexity index is 647. The van der Waals surface area contributed by atoms with Gasteiger partial charge in [-0.05, 0) is 40.2 Å². The largest absolute Gasteiger partial charge is 0.497 e. The molecule has 1 amide bonds. The van der Waals surface area contributed by atoms with Crippen LogP contribution in [0, 0.1) is 0 Å². The Kier molecular flexibility index (Phi) is 5.19. The first-order valence-corrected chi connectivity index (χ1v) is 7.00. The quantitative estimate of drug-likeness (QED) is 0.493. The number of hydrogen-bond acceptors (Lipinski definition) is 4. The maximum Gasteiger partial charge on any atom is 0.265 e. The van der Waals surface area contributed by atoms with Crippen LogP contribution in [0.15, 0.2) is 46.9 Å². The molecule has 0 spiro atoms. The maximum atomic E-state index is 11.7. The molecule has 0 radical (unpaired) electrons. The predicted molar refractivity (Wildman–Crippen MR) is 83.1 cm³/mol. The molecule has 0 aliphatic heterocycles. The zero-order chi connectivity index (χ0) is 15.2. The molecule has 0 saturated carbocycles. The van der Waals surface area contributed by atoms with Crippen LogP contribution in [0.3, 0.4) is 0 Å². The van der Waals surface area contributed by atoms with Crippen molar-refractivity contribution in [2.45, 2.75) is 6.61 Å². The van der Waals surface area contributed by atoms with Crippen molar-refractivity contribution >= 4 is 21.8 Å². The number of nitrogen functional groups attached to an aromatic ring is 1. The molecule has 0 atom stereocenters. The zero-order valence-electron chi connectivity index (χ0n) is 11.4. The number of benzene rings is 2. The average molecular weight is 351 g/mol. The van der Waals surface area contributed by atoms with Crippen molar-refractivity contribution in [1.82, 2.24) is 5.43 Å². The number of rotatable bonds is 5. The minimum Gasteiger partial charge on any atom is -0.497 e. The lowest BCUT2D eigenvalue weighted by Gasteiger charge is -2.12. The Morgan fingerprint density at radius 3 is 2.71 bits per heavy atom. The first-order valence-electron chi connectivity index (χ1n) is 6.21. The van der Waals surface area contributed by atoms with Gasteiger partial charge in [0, 0.05) is 11.1 Å². The molecule has 2 aromatic rings. The third-order valence-electron chi connectivity index (χ3n) is 2.92. The molecule has 3 N–H and O–H groups in total. The number of methoxy groups -OCH3 is 1. The van der Waals surface area contributed by atoms with Crippen LogP contribution in [-0.2, 0) is 6.61 Å². The van der Waals surface area contributed by atoms with Crippen LogP contribution in [-0.4, -0.2) is 13.0 Å². The van der Waals surface area contributed by atoms with Gasteiger partial charge in [0.15, 0.2) is 0 Å². The number of carbonyl (C=O) groups excluding carboxylic acids is 1. The molecule has 0 aliphatic rings. The van der Waals surface area contributed by atoms with Gasteiger partial charge < -0.3 is 9.47 Å². The third-order valence-corrected chi connectivity index (χ3v) is 3.54. The second-order valence-electron chi connectivity index (χ2n) is 4.22. The molecule has 110 valence electrons. The van der Waals surface area contributed by atoms with Gasteiger partial charge >= 0.3 is 0 Å². The summed E-state index contributed by atoms with van der Waals surface area (Å²) in [6.07, 6.45) is 0. The number of halogens is 1. The van der Waals surface area contributed by atoms with Crippen LogP contribution in [0.5, 0.6) is 11.5 Å². The molecular weight excluding hydrogens is 336 g/mol. The van der Waals surface area contributed by atoms with E-state index in [1.807, 2.05) is 18.2 Å². The Hall–Kier alpha value is -2.05. The Balaban J connectivity index is 2.15. The van der Waals surface area contributed by atoms with E-state index in [9.17, 15) is 4.79 Å². The van der Waals surface area contributed by atoms with Crippen LogP contribution >= 0.6 is 15.9 Å². The first kappa shape index (κ1) is 15.3. The van der Waals surface area contributed by atoms with Crippen molar-refractivity contribution in [2.75, 3.05) is 7.11 Å². The monoisotopic (exact) mass is 350 g/mol. The smallest absolute Gasteiger partial charge is 0.265 e. The Labute approximate surface area is 131 Å². The van der Waals surface area contributed by atoms with E-state index in [2.05, 4.69) is 21.4 Å². The average Bonchev–Trinajstić information content (AvgIpc) is 2.53. The molecule has 0 aliphatic carbocycles. The molecule has 21 heavy (non-hydrogen) atoms. The van der Waals surface area contributed by atoms with E-state index in [1.54, 1.807) is 31.4 Å². The van der Waals surface area contributed by atoms with Crippen molar-refractivity contribution < 1.29 is 14.3 Å². The van der Waals surface area contributed by atoms with Gasteiger partial charge in [-0.1, -0.05) is 18.2 Å². The molecule has 0 saturated heterocycles. The molecule has 2 rings (SSSR count). The fourth-order valence-corrected chi connectivity index (χ4v) is 2.30. The molecule has 5 nitrogen and oxygen atoms in total. The van der Waals surface area contributed by atoms with Gasteiger partial charge in [0.25, 0.3) is 5.91 Å². The molecular formula is C15H15BrN2O3. The molecule has 0 unspecified atom stereocenters. The summed E-state index contributed by atoms with van der Waals surface area (Å²) < 4.78 is 11.6. The minimum atomic E-state index is -0.344. The Morgan fingerprint density at radius 2 is 2.05 bits per heavy atom. The summed E-state index contributed by atoms with van der Waals surface area (Å²) in [4.78, 5) is 11.7. The van der Waals surface area contributed by atoms with Crippen molar-refractivity contribution in [3.05, 3.63) is 58.1 Å². The summed E-state index contributed by atoms with van der Waals surface area (Å²) in [5.74, 6) is 6.23. The van der Waals surface area contributed by atoms with E-state index in [0.29, 0.717) is 11.3 Å². The number of amides is 1. The standard InChI is InChI=1S/C15H15BrN2O3/c1-20-11-6-7-14(13(16)8-11)21-9-10-4-2-3-5-12(10)15(19)18-17/h2-8H,9,17H2,1H3,(H,18,19). The number of hydrogen-bond donors (Lipinski definition) is 2. The minimum absolute atomic E-state index is 0.258. The van der Waals surface area contributed by atoms with E-state index >= 15 is 0 Å². The molecule has 0 bridgehead atoms. The first-order chi connectivity index (χ1) is 10.2. The Morgan fingerprint density at radius 1 is 1.29 bits per heavy atom. The normalized spacial score (nSPS) is 10.0. The van der Waals surface area contributed by atoms with E-state index in [0.717, 1.165) is 15.8 Å². The summed E-state index contributed by atoms with van der Waals surface area (Å²) >= 11 is 3.42. The fourth-order valence-electron chi connectivity index (χ4n) is 1.83. The molecule has 0 aromatic heterocycles. The van der Waals surface area contributed by atoms with Gasteiger partial charge in [-0.25, -0.2) is 5.84 Å². The molecule has 6 heteroatoms. The zero-order valence-corrected chi connectivity index (χ0v) is 13.0. The van der Waals surface area contributed by atoms with Gasteiger partial charge in [0.2, 0.25) is 0 Å². The van der Waals surface area contributed by atoms with Crippen molar-refractivity contribution in [3.63, 3.8) is 0 Å². The van der Waals surface area contributed by atoms with Gasteiger partial charge in [0.1, 0.15) is 18.1 Å². The summed E-state index contributed by atoms with van der Waals surface area (Å²) in [5.41, 5.74) is 3.37. The van der Waals surface area contributed by atoms with Gasteiger partial charge in [-0.3, -0.25) is 10.2 Å². The topological polar surface area (TPSA) is 73.6 Å². The van der Waals surface area contributed by atoms with Gasteiger partial charge in [-0.2, -0.15) is 0 Å². The third kappa shape index (κ3) is 3.74. The highest BCUT2D eigenvalue weighted by molar-refractivity contribution is 9.10. The van der Waals surface area contributed by atoms with E-state index < -0.39 is 0 Å². The number of nitrogens with one attached hydrogen (secondary N) is 1.